The number of aliphatic imine (C=N–C) groups is 1. The molecule has 0 bridgehead atoms. The quantitative estimate of drug-likeness (QED) is 0.305. The Bertz CT molecular complexity index is 542. The van der Waals surface area contributed by atoms with Crippen LogP contribution in [0.25, 0.3) is 5.76 Å². The third kappa shape index (κ3) is 3.94. The lowest BCUT2D eigenvalue weighted by Gasteiger charge is -2.07. The van der Waals surface area contributed by atoms with Crippen molar-refractivity contribution in [1.82, 2.24) is 4.98 Å². The lowest BCUT2D eigenvalue weighted by Crippen LogP contribution is -2.11. The van der Waals surface area contributed by atoms with Crippen LogP contribution in [0, 0.1) is 0 Å². The Morgan fingerprint density at radius 3 is 2.74 bits per heavy atom. The molecule has 0 saturated carbocycles. The van der Waals surface area contributed by atoms with E-state index in [9.17, 15) is 9.90 Å². The summed E-state index contributed by atoms with van der Waals surface area (Å²) in [6.45, 7) is 1.84. The number of nitrogens with zero attached hydrogens (tertiary/aromatic N) is 2. The smallest absolute Gasteiger partial charge is 0.343 e. The van der Waals surface area contributed by atoms with Gasteiger partial charge in [0.1, 0.15) is 21.6 Å². The highest BCUT2D eigenvalue weighted by Crippen LogP contribution is 2.24. The average Bonchev–Trinajstić information content (AvgIpc) is 2.35. The molecule has 0 aliphatic rings. The van der Waals surface area contributed by atoms with Crippen molar-refractivity contribution in [2.45, 2.75) is 6.92 Å². The van der Waals surface area contributed by atoms with E-state index in [-0.39, 0.29) is 33.8 Å². The molecule has 0 fully saturated rings. The lowest BCUT2D eigenvalue weighted by molar-refractivity contribution is -0.137. The SMILES string of the molecule is CCOC(=O)/C(C=NC)=C(/O)c1ccc(Cl)nc1Cl. The van der Waals surface area contributed by atoms with E-state index in [1.807, 2.05) is 0 Å². The van der Waals surface area contributed by atoms with Gasteiger partial charge in [0.05, 0.1) is 12.2 Å². The summed E-state index contributed by atoms with van der Waals surface area (Å²) in [5.41, 5.74) is 0.0735. The number of hydrogen-bond donors (Lipinski definition) is 1. The summed E-state index contributed by atoms with van der Waals surface area (Å²) in [5.74, 6) is -1.06. The monoisotopic (exact) mass is 302 g/mol. The second-order valence-electron chi connectivity index (χ2n) is 3.34. The average molecular weight is 303 g/mol. The number of hydrogen-bond acceptors (Lipinski definition) is 5. The number of esters is 1. The molecule has 1 N–H and O–H groups in total. The molecule has 0 amide bonds. The molecule has 1 aromatic rings. The minimum atomic E-state index is -0.698. The second kappa shape index (κ2) is 7.11. The molecule has 5 nitrogen and oxygen atoms in total. The van der Waals surface area contributed by atoms with Crippen molar-refractivity contribution in [3.8, 4) is 0 Å². The van der Waals surface area contributed by atoms with E-state index in [0.29, 0.717) is 0 Å². The van der Waals surface area contributed by atoms with Crippen molar-refractivity contribution in [1.29, 1.82) is 0 Å². The van der Waals surface area contributed by atoms with Crippen LogP contribution in [0.4, 0.5) is 0 Å². The van der Waals surface area contributed by atoms with Crippen LogP contribution in [0.2, 0.25) is 10.3 Å². The maximum absolute atomic E-state index is 11.7. The number of aliphatic hydroxyl groups excluding tert-OH is 1. The third-order valence-corrected chi connectivity index (χ3v) is 2.58. The van der Waals surface area contributed by atoms with Crippen LogP contribution >= 0.6 is 23.2 Å². The summed E-state index contributed by atoms with van der Waals surface area (Å²) in [5, 5.41) is 10.3. The Morgan fingerprint density at radius 1 is 1.53 bits per heavy atom. The summed E-state index contributed by atoms with van der Waals surface area (Å²) < 4.78 is 4.83. The summed E-state index contributed by atoms with van der Waals surface area (Å²) in [6, 6.07) is 2.90. The zero-order valence-electron chi connectivity index (χ0n) is 10.4. The van der Waals surface area contributed by atoms with Gasteiger partial charge in [-0.25, -0.2) is 9.78 Å². The van der Waals surface area contributed by atoms with E-state index in [0.717, 1.165) is 0 Å². The summed E-state index contributed by atoms with van der Waals surface area (Å²) >= 11 is 11.5. The van der Waals surface area contributed by atoms with Crippen LogP contribution in [0.5, 0.6) is 0 Å². The van der Waals surface area contributed by atoms with Gasteiger partial charge < -0.3 is 9.84 Å². The highest BCUT2D eigenvalue weighted by molar-refractivity contribution is 6.33. The summed E-state index contributed by atoms with van der Waals surface area (Å²) in [6.07, 6.45) is 1.19. The molecule has 0 unspecified atom stereocenters. The highest BCUT2D eigenvalue weighted by Gasteiger charge is 2.18. The Balaban J connectivity index is 3.32. The van der Waals surface area contributed by atoms with Gasteiger partial charge in [-0.2, -0.15) is 0 Å². The maximum Gasteiger partial charge on any atom is 0.343 e. The van der Waals surface area contributed by atoms with E-state index in [1.54, 1.807) is 6.92 Å². The first-order valence-corrected chi connectivity index (χ1v) is 6.11. The van der Waals surface area contributed by atoms with Crippen molar-refractivity contribution >= 4 is 41.1 Å². The molecular weight excluding hydrogens is 291 g/mol. The number of ether oxygens (including phenoxy) is 1. The molecule has 0 aromatic carbocycles. The van der Waals surface area contributed by atoms with Gasteiger partial charge in [0.25, 0.3) is 0 Å². The van der Waals surface area contributed by atoms with E-state index in [1.165, 1.54) is 25.4 Å². The molecule has 102 valence electrons. The predicted molar refractivity (Wildman–Crippen MR) is 74.9 cm³/mol. The molecule has 0 spiro atoms. The number of aromatic nitrogens is 1. The summed E-state index contributed by atoms with van der Waals surface area (Å²) in [4.78, 5) is 19.2. The first-order valence-electron chi connectivity index (χ1n) is 5.36. The maximum atomic E-state index is 11.7. The zero-order chi connectivity index (χ0) is 14.4. The molecule has 19 heavy (non-hydrogen) atoms. The molecule has 0 radical (unpaired) electrons. The van der Waals surface area contributed by atoms with Crippen molar-refractivity contribution < 1.29 is 14.6 Å². The van der Waals surface area contributed by atoms with Crippen molar-refractivity contribution in [2.24, 2.45) is 4.99 Å². The van der Waals surface area contributed by atoms with Crippen LogP contribution < -0.4 is 0 Å². The van der Waals surface area contributed by atoms with Gasteiger partial charge in [0, 0.05) is 13.3 Å². The van der Waals surface area contributed by atoms with Gasteiger partial charge in [-0.15, -0.1) is 0 Å². The van der Waals surface area contributed by atoms with Gasteiger partial charge in [-0.3, -0.25) is 4.99 Å². The van der Waals surface area contributed by atoms with Crippen LogP contribution in [-0.4, -0.2) is 35.9 Å². The fourth-order valence-electron chi connectivity index (χ4n) is 1.28. The fraction of sp³-hybridized carbons (Fsp3) is 0.250. The third-order valence-electron chi connectivity index (χ3n) is 2.08. The standard InChI is InChI=1S/C12H12Cl2N2O3/c1-3-19-12(18)8(6-15-2)10(17)7-4-5-9(13)16-11(7)14/h4-6,17H,3H2,1-2H3/b10-8+,15-6?. The van der Waals surface area contributed by atoms with Gasteiger partial charge in [0.15, 0.2) is 0 Å². The van der Waals surface area contributed by atoms with Crippen LogP contribution in [0.15, 0.2) is 22.7 Å². The first-order chi connectivity index (χ1) is 9.01. The topological polar surface area (TPSA) is 71.8 Å². The van der Waals surface area contributed by atoms with Gasteiger partial charge in [0.2, 0.25) is 0 Å². The highest BCUT2D eigenvalue weighted by atomic mass is 35.5. The zero-order valence-corrected chi connectivity index (χ0v) is 11.9. The number of halogens is 2. The van der Waals surface area contributed by atoms with E-state index < -0.39 is 5.97 Å². The number of rotatable bonds is 4. The van der Waals surface area contributed by atoms with Crippen LogP contribution in [-0.2, 0) is 9.53 Å². The second-order valence-corrected chi connectivity index (χ2v) is 4.09. The Labute approximate surface area is 120 Å². The molecular formula is C12H12Cl2N2O3. The van der Waals surface area contributed by atoms with E-state index in [2.05, 4.69) is 9.98 Å². The van der Waals surface area contributed by atoms with Crippen molar-refractivity contribution in [2.75, 3.05) is 13.7 Å². The number of pyridine rings is 1. The first kappa shape index (κ1) is 15.5. The van der Waals surface area contributed by atoms with Gasteiger partial charge >= 0.3 is 5.97 Å². The predicted octanol–water partition coefficient (Wildman–Crippen LogP) is 2.92. The molecule has 7 heteroatoms. The Kier molecular flexibility index (Phi) is 5.79. The Hall–Kier alpha value is -1.59. The largest absolute Gasteiger partial charge is 0.506 e. The normalized spacial score (nSPS) is 12.4. The van der Waals surface area contributed by atoms with E-state index in [4.69, 9.17) is 27.9 Å². The van der Waals surface area contributed by atoms with Crippen molar-refractivity contribution in [3.05, 3.63) is 33.6 Å². The number of carbonyl (C=O) groups is 1. The minimum absolute atomic E-state index is 0.0173. The molecule has 0 atom stereocenters. The van der Waals surface area contributed by atoms with Gasteiger partial charge in [-0.1, -0.05) is 23.2 Å². The van der Waals surface area contributed by atoms with Crippen LogP contribution in [0.1, 0.15) is 12.5 Å². The molecule has 1 rings (SSSR count). The van der Waals surface area contributed by atoms with Gasteiger partial charge in [-0.05, 0) is 19.1 Å². The summed E-state index contributed by atoms with van der Waals surface area (Å²) in [7, 11) is 1.47. The molecule has 0 aliphatic heterocycles. The molecule has 1 heterocycles. The minimum Gasteiger partial charge on any atom is -0.506 e. The van der Waals surface area contributed by atoms with Crippen molar-refractivity contribution in [3.63, 3.8) is 0 Å². The fourth-order valence-corrected chi connectivity index (χ4v) is 1.72. The van der Waals surface area contributed by atoms with E-state index >= 15 is 0 Å². The van der Waals surface area contributed by atoms with Crippen LogP contribution in [0.3, 0.4) is 0 Å². The molecule has 0 aliphatic carbocycles. The molecule has 1 aromatic heterocycles. The number of carbonyl (C=O) groups excluding carboxylic acids is 1. The lowest BCUT2D eigenvalue weighted by atomic mass is 10.1. The Morgan fingerprint density at radius 2 is 2.21 bits per heavy atom. The molecule has 0 saturated heterocycles. The number of aliphatic hydroxyl groups is 1.